The fourth-order valence-electron chi connectivity index (χ4n) is 2.28. The maximum absolute atomic E-state index is 13.7. The highest BCUT2D eigenvalue weighted by Crippen LogP contribution is 2.33. The second kappa shape index (κ2) is 7.77. The lowest BCUT2D eigenvalue weighted by Gasteiger charge is -2.11. The molecule has 0 saturated carbocycles. The van der Waals surface area contributed by atoms with Crippen LogP contribution in [-0.4, -0.2) is 24.7 Å². The number of aliphatic hydroxyl groups excluding tert-OH is 1. The highest BCUT2D eigenvalue weighted by molar-refractivity contribution is 7.21. The first-order valence-corrected chi connectivity index (χ1v) is 9.21. The summed E-state index contributed by atoms with van der Waals surface area (Å²) in [6.45, 7) is 0.0525. The number of nitrogens with one attached hydrogen (secondary N) is 1. The molecule has 0 fully saturated rings. The lowest BCUT2D eigenvalue weighted by molar-refractivity contribution is 0.0917. The molecule has 3 aromatic rings. The Morgan fingerprint density at radius 1 is 1.28 bits per heavy atom. The van der Waals surface area contributed by atoms with Gasteiger partial charge in [-0.2, -0.15) is 0 Å². The van der Waals surface area contributed by atoms with Crippen LogP contribution >= 0.6 is 22.7 Å². The van der Waals surface area contributed by atoms with E-state index in [2.05, 4.69) is 5.32 Å². The van der Waals surface area contributed by atoms with Crippen LogP contribution in [0.2, 0.25) is 0 Å². The zero-order valence-corrected chi connectivity index (χ0v) is 15.0. The highest BCUT2D eigenvalue weighted by atomic mass is 32.1. The minimum Gasteiger partial charge on any atom is -0.494 e. The van der Waals surface area contributed by atoms with Crippen LogP contribution in [0.25, 0.3) is 9.75 Å². The Morgan fingerprint density at radius 3 is 2.80 bits per heavy atom. The molecule has 4 nitrogen and oxygen atoms in total. The van der Waals surface area contributed by atoms with Crippen molar-refractivity contribution in [3.8, 4) is 15.5 Å². The molecule has 0 saturated heterocycles. The average Bonchev–Trinajstić information content (AvgIpc) is 3.30. The number of carbonyl (C=O) groups excluding carboxylic acids is 1. The van der Waals surface area contributed by atoms with Crippen molar-refractivity contribution in [1.82, 2.24) is 5.32 Å². The number of carbonyl (C=O) groups is 1. The maximum atomic E-state index is 13.7. The first-order valence-electron chi connectivity index (χ1n) is 7.52. The summed E-state index contributed by atoms with van der Waals surface area (Å²) in [5.74, 6) is -0.971. The molecule has 7 heteroatoms. The Labute approximate surface area is 152 Å². The lowest BCUT2D eigenvalue weighted by atomic mass is 10.2. The monoisotopic (exact) mass is 377 g/mol. The van der Waals surface area contributed by atoms with Gasteiger partial charge in [-0.3, -0.25) is 4.79 Å². The van der Waals surface area contributed by atoms with E-state index in [4.69, 9.17) is 4.74 Å². The van der Waals surface area contributed by atoms with Gasteiger partial charge in [0, 0.05) is 26.7 Å². The Balaban J connectivity index is 1.61. The second-order valence-electron chi connectivity index (χ2n) is 5.25. The average molecular weight is 377 g/mol. The third kappa shape index (κ3) is 4.07. The normalized spacial score (nSPS) is 12.0. The van der Waals surface area contributed by atoms with Crippen LogP contribution in [0.1, 0.15) is 21.3 Å². The van der Waals surface area contributed by atoms with E-state index in [0.717, 1.165) is 20.7 Å². The summed E-state index contributed by atoms with van der Waals surface area (Å²) >= 11 is 3.12. The van der Waals surface area contributed by atoms with Gasteiger partial charge in [0.05, 0.1) is 7.11 Å². The highest BCUT2D eigenvalue weighted by Gasteiger charge is 2.15. The van der Waals surface area contributed by atoms with Crippen LogP contribution in [0.3, 0.4) is 0 Å². The minimum atomic E-state index is -0.814. The number of thiophene rings is 2. The van der Waals surface area contributed by atoms with Crippen molar-refractivity contribution in [2.45, 2.75) is 6.10 Å². The Hall–Kier alpha value is -2.22. The molecule has 0 aliphatic rings. The number of hydrogen-bond donors (Lipinski definition) is 2. The summed E-state index contributed by atoms with van der Waals surface area (Å²) in [6, 6.07) is 11.8. The van der Waals surface area contributed by atoms with Crippen LogP contribution < -0.4 is 10.1 Å². The standard InChI is InChI=1S/C18H16FNO3S2/c1-23-14-5-4-11(9-12(14)19)18(22)20-10-13(21)15-6-7-17(25-15)16-3-2-8-24-16/h2-9,13,21H,10H2,1H3,(H,20,22). The van der Waals surface area contributed by atoms with E-state index < -0.39 is 17.8 Å². The number of hydrogen-bond acceptors (Lipinski definition) is 5. The number of benzene rings is 1. The van der Waals surface area contributed by atoms with Gasteiger partial charge in [-0.15, -0.1) is 22.7 Å². The molecule has 0 radical (unpaired) electrons. The smallest absolute Gasteiger partial charge is 0.251 e. The van der Waals surface area contributed by atoms with Gasteiger partial charge < -0.3 is 15.2 Å². The number of halogens is 1. The van der Waals surface area contributed by atoms with Crippen LogP contribution in [-0.2, 0) is 0 Å². The number of ether oxygens (including phenoxy) is 1. The molecule has 1 atom stereocenters. The van der Waals surface area contributed by atoms with E-state index in [0.29, 0.717) is 0 Å². The molecule has 2 aromatic heterocycles. The topological polar surface area (TPSA) is 58.6 Å². The van der Waals surface area contributed by atoms with Crippen LogP contribution in [0.15, 0.2) is 47.8 Å². The third-order valence-electron chi connectivity index (χ3n) is 3.59. The van der Waals surface area contributed by atoms with Crippen LogP contribution in [0, 0.1) is 5.82 Å². The third-order valence-corrected chi connectivity index (χ3v) is 5.84. The summed E-state index contributed by atoms with van der Waals surface area (Å²) < 4.78 is 18.5. The number of rotatable bonds is 6. The molecule has 2 heterocycles. The second-order valence-corrected chi connectivity index (χ2v) is 7.32. The minimum absolute atomic E-state index is 0.0525. The molecular weight excluding hydrogens is 361 g/mol. The number of aliphatic hydroxyl groups is 1. The van der Waals surface area contributed by atoms with Gasteiger partial charge in [0.15, 0.2) is 11.6 Å². The molecule has 1 aromatic carbocycles. The van der Waals surface area contributed by atoms with Crippen LogP contribution in [0.4, 0.5) is 4.39 Å². The molecule has 0 aliphatic heterocycles. The van der Waals surface area contributed by atoms with Crippen molar-refractivity contribution >= 4 is 28.6 Å². The summed E-state index contributed by atoms with van der Waals surface area (Å²) in [5, 5.41) is 14.9. The summed E-state index contributed by atoms with van der Waals surface area (Å²) in [7, 11) is 1.36. The van der Waals surface area contributed by atoms with E-state index in [1.54, 1.807) is 11.3 Å². The molecule has 2 N–H and O–H groups in total. The Bertz CT molecular complexity index is 861. The van der Waals surface area contributed by atoms with Gasteiger partial charge in [0.25, 0.3) is 5.91 Å². The van der Waals surface area contributed by atoms with Crippen molar-refractivity contribution in [2.75, 3.05) is 13.7 Å². The van der Waals surface area contributed by atoms with Crippen molar-refractivity contribution in [2.24, 2.45) is 0 Å². The molecule has 1 amide bonds. The number of amides is 1. The van der Waals surface area contributed by atoms with Gasteiger partial charge in [0.2, 0.25) is 0 Å². The molecule has 3 rings (SSSR count). The van der Waals surface area contributed by atoms with Gasteiger partial charge in [-0.1, -0.05) is 6.07 Å². The molecular formula is C18H16FNO3S2. The molecule has 130 valence electrons. The first-order chi connectivity index (χ1) is 12.1. The van der Waals surface area contributed by atoms with E-state index in [1.165, 1.54) is 30.6 Å². The largest absolute Gasteiger partial charge is 0.494 e. The predicted octanol–water partition coefficient (Wildman–Crippen LogP) is 4.09. The fraction of sp³-hybridized carbons (Fsp3) is 0.167. The first kappa shape index (κ1) is 17.6. The van der Waals surface area contributed by atoms with E-state index in [1.807, 2.05) is 29.6 Å². The van der Waals surface area contributed by atoms with Crippen molar-refractivity contribution in [3.05, 3.63) is 64.1 Å². The molecule has 25 heavy (non-hydrogen) atoms. The zero-order chi connectivity index (χ0) is 17.8. The molecule has 0 aliphatic carbocycles. The molecule has 0 spiro atoms. The van der Waals surface area contributed by atoms with Crippen molar-refractivity contribution < 1.29 is 19.0 Å². The van der Waals surface area contributed by atoms with E-state index in [-0.39, 0.29) is 17.9 Å². The van der Waals surface area contributed by atoms with Gasteiger partial charge in [0.1, 0.15) is 6.10 Å². The van der Waals surface area contributed by atoms with E-state index >= 15 is 0 Å². The van der Waals surface area contributed by atoms with E-state index in [9.17, 15) is 14.3 Å². The van der Waals surface area contributed by atoms with Crippen LogP contribution in [0.5, 0.6) is 5.75 Å². The quantitative estimate of drug-likeness (QED) is 0.680. The molecule has 0 bridgehead atoms. The predicted molar refractivity (Wildman–Crippen MR) is 97.9 cm³/mol. The SMILES string of the molecule is COc1ccc(C(=O)NCC(O)c2ccc(-c3cccs3)s2)cc1F. The van der Waals surface area contributed by atoms with Crippen molar-refractivity contribution in [3.63, 3.8) is 0 Å². The van der Waals surface area contributed by atoms with Gasteiger partial charge >= 0.3 is 0 Å². The zero-order valence-electron chi connectivity index (χ0n) is 13.4. The van der Waals surface area contributed by atoms with Crippen molar-refractivity contribution in [1.29, 1.82) is 0 Å². The lowest BCUT2D eigenvalue weighted by Crippen LogP contribution is -2.28. The summed E-state index contributed by atoms with van der Waals surface area (Å²) in [4.78, 5) is 15.1. The van der Waals surface area contributed by atoms with Gasteiger partial charge in [-0.05, 0) is 41.8 Å². The Morgan fingerprint density at radius 2 is 2.12 bits per heavy atom. The van der Waals surface area contributed by atoms with Gasteiger partial charge in [-0.25, -0.2) is 4.39 Å². The summed E-state index contributed by atoms with van der Waals surface area (Å²) in [5.41, 5.74) is 0.177. The fourth-order valence-corrected chi connectivity index (χ4v) is 4.11. The summed E-state index contributed by atoms with van der Waals surface area (Å²) in [6.07, 6.45) is -0.814. The number of methoxy groups -OCH3 is 1. The molecule has 1 unspecified atom stereocenters. The Kier molecular flexibility index (Phi) is 5.47. The maximum Gasteiger partial charge on any atom is 0.251 e.